The number of carbonyl (C=O) groups is 1. The van der Waals surface area contributed by atoms with Crippen LogP contribution in [0.2, 0.25) is 5.02 Å². The summed E-state index contributed by atoms with van der Waals surface area (Å²) >= 11 is 7.45. The number of anilines is 1. The summed E-state index contributed by atoms with van der Waals surface area (Å²) in [6.45, 7) is 1.54. The topological polar surface area (TPSA) is 41.1 Å². The van der Waals surface area contributed by atoms with Gasteiger partial charge in [-0.25, -0.2) is 0 Å². The average molecular weight is 349 g/mol. The molecule has 0 atom stereocenters. The van der Waals surface area contributed by atoms with Crippen LogP contribution in [0.1, 0.15) is 12.0 Å². The number of amides is 1. The van der Waals surface area contributed by atoms with Crippen LogP contribution >= 0.6 is 23.4 Å². The molecule has 0 bridgehead atoms. The Kier molecular flexibility index (Phi) is 7.84. The van der Waals surface area contributed by atoms with Gasteiger partial charge in [-0.3, -0.25) is 4.79 Å². The highest BCUT2D eigenvalue weighted by Gasteiger charge is 2.01. The smallest absolute Gasteiger partial charge is 0.230 e. The molecule has 3 nitrogen and oxygen atoms in total. The molecular weight excluding hydrogens is 328 g/mol. The van der Waals surface area contributed by atoms with E-state index in [9.17, 15) is 4.79 Å². The minimum absolute atomic E-state index is 0.0867. The summed E-state index contributed by atoms with van der Waals surface area (Å²) in [5, 5.41) is 7.00. The van der Waals surface area contributed by atoms with E-state index in [1.165, 1.54) is 5.56 Å². The minimum atomic E-state index is 0.0867. The summed E-state index contributed by atoms with van der Waals surface area (Å²) < 4.78 is 0. The van der Waals surface area contributed by atoms with Crippen LogP contribution in [0.25, 0.3) is 0 Å². The Labute approximate surface area is 146 Å². The Morgan fingerprint density at radius 3 is 2.48 bits per heavy atom. The van der Waals surface area contributed by atoms with E-state index < -0.39 is 0 Å². The molecule has 0 radical (unpaired) electrons. The fourth-order valence-electron chi connectivity index (χ4n) is 2.00. The van der Waals surface area contributed by atoms with Crippen LogP contribution in [0.3, 0.4) is 0 Å². The van der Waals surface area contributed by atoms with Gasteiger partial charge in [-0.15, -0.1) is 11.8 Å². The van der Waals surface area contributed by atoms with Crippen LogP contribution in [-0.4, -0.2) is 24.7 Å². The van der Waals surface area contributed by atoms with Crippen LogP contribution in [0, 0.1) is 0 Å². The van der Waals surface area contributed by atoms with Crippen molar-refractivity contribution in [3.8, 4) is 0 Å². The van der Waals surface area contributed by atoms with Crippen molar-refractivity contribution < 1.29 is 4.79 Å². The molecule has 0 aliphatic rings. The molecule has 0 aliphatic heterocycles. The summed E-state index contributed by atoms with van der Waals surface area (Å²) in [4.78, 5) is 11.7. The number of hydrogen-bond acceptors (Lipinski definition) is 3. The zero-order valence-electron chi connectivity index (χ0n) is 12.9. The lowest BCUT2D eigenvalue weighted by molar-refractivity contribution is -0.118. The zero-order chi connectivity index (χ0) is 16.3. The maximum Gasteiger partial charge on any atom is 0.230 e. The lowest BCUT2D eigenvalue weighted by atomic mass is 10.2. The molecule has 0 saturated carbocycles. The largest absolute Gasteiger partial charge is 0.385 e. The van der Waals surface area contributed by atoms with Gasteiger partial charge >= 0.3 is 0 Å². The van der Waals surface area contributed by atoms with E-state index in [4.69, 9.17) is 11.6 Å². The number of rotatable bonds is 9. The molecule has 0 spiro atoms. The van der Waals surface area contributed by atoms with E-state index in [1.54, 1.807) is 11.8 Å². The fraction of sp³-hybridized carbons (Fsp3) is 0.278. The highest BCUT2D eigenvalue weighted by molar-refractivity contribution is 7.99. The summed E-state index contributed by atoms with van der Waals surface area (Å²) in [6.07, 6.45) is 0.905. The fourth-order valence-corrected chi connectivity index (χ4v) is 2.94. The van der Waals surface area contributed by atoms with Crippen LogP contribution in [0.4, 0.5) is 5.69 Å². The van der Waals surface area contributed by atoms with Crippen molar-refractivity contribution in [1.82, 2.24) is 5.32 Å². The Hall–Kier alpha value is -1.65. The van der Waals surface area contributed by atoms with Crippen molar-refractivity contribution in [2.45, 2.75) is 12.2 Å². The SMILES string of the molecule is O=C(CSCc1ccc(Cl)cc1)NCCCNc1ccccc1. The van der Waals surface area contributed by atoms with Gasteiger partial charge in [0.2, 0.25) is 5.91 Å². The molecule has 2 rings (SSSR count). The van der Waals surface area contributed by atoms with Crippen molar-refractivity contribution in [3.05, 3.63) is 65.2 Å². The number of hydrogen-bond donors (Lipinski definition) is 2. The number of nitrogens with one attached hydrogen (secondary N) is 2. The van der Waals surface area contributed by atoms with Crippen molar-refractivity contribution in [1.29, 1.82) is 0 Å². The van der Waals surface area contributed by atoms with Gasteiger partial charge in [0.15, 0.2) is 0 Å². The minimum Gasteiger partial charge on any atom is -0.385 e. The number of benzene rings is 2. The van der Waals surface area contributed by atoms with E-state index in [0.29, 0.717) is 12.3 Å². The first-order valence-electron chi connectivity index (χ1n) is 7.62. The predicted octanol–water partition coefficient (Wildman–Crippen LogP) is 4.19. The first-order valence-corrected chi connectivity index (χ1v) is 9.15. The molecule has 0 aromatic heterocycles. The van der Waals surface area contributed by atoms with Gasteiger partial charge in [0.1, 0.15) is 0 Å². The van der Waals surface area contributed by atoms with Gasteiger partial charge < -0.3 is 10.6 Å². The van der Waals surface area contributed by atoms with Gasteiger partial charge in [-0.2, -0.15) is 0 Å². The maximum absolute atomic E-state index is 11.7. The first-order chi connectivity index (χ1) is 11.2. The number of carbonyl (C=O) groups excluding carboxylic acids is 1. The molecule has 5 heteroatoms. The summed E-state index contributed by atoms with van der Waals surface area (Å²) in [5.74, 6) is 1.39. The Morgan fingerprint density at radius 2 is 1.74 bits per heavy atom. The Morgan fingerprint density at radius 1 is 1.00 bits per heavy atom. The van der Waals surface area contributed by atoms with Gasteiger partial charge in [0.25, 0.3) is 0 Å². The molecule has 0 fully saturated rings. The van der Waals surface area contributed by atoms with Crippen LogP contribution < -0.4 is 10.6 Å². The normalized spacial score (nSPS) is 10.3. The van der Waals surface area contributed by atoms with Crippen LogP contribution in [0.15, 0.2) is 54.6 Å². The van der Waals surface area contributed by atoms with Crippen molar-refractivity contribution >= 4 is 35.0 Å². The summed E-state index contributed by atoms with van der Waals surface area (Å²) in [5.41, 5.74) is 2.29. The second kappa shape index (κ2) is 10.2. The van der Waals surface area contributed by atoms with Crippen molar-refractivity contribution in [3.63, 3.8) is 0 Å². The lowest BCUT2D eigenvalue weighted by Gasteiger charge is -2.07. The predicted molar refractivity (Wildman–Crippen MR) is 100 cm³/mol. The molecule has 0 unspecified atom stereocenters. The zero-order valence-corrected chi connectivity index (χ0v) is 14.5. The molecule has 2 aromatic rings. The molecule has 122 valence electrons. The molecular formula is C18H21ClN2OS. The quantitative estimate of drug-likeness (QED) is 0.667. The van der Waals surface area contributed by atoms with Gasteiger partial charge in [0.05, 0.1) is 5.75 Å². The molecule has 0 heterocycles. The highest BCUT2D eigenvalue weighted by atomic mass is 35.5. The van der Waals surface area contributed by atoms with Crippen LogP contribution in [0.5, 0.6) is 0 Å². The van der Waals surface area contributed by atoms with Gasteiger partial charge in [-0.1, -0.05) is 41.9 Å². The first kappa shape index (κ1) is 17.7. The number of para-hydroxylation sites is 1. The van der Waals surface area contributed by atoms with Crippen molar-refractivity contribution in [2.75, 3.05) is 24.2 Å². The Balaban J connectivity index is 1.51. The van der Waals surface area contributed by atoms with E-state index in [-0.39, 0.29) is 5.91 Å². The lowest BCUT2D eigenvalue weighted by Crippen LogP contribution is -2.27. The van der Waals surface area contributed by atoms with E-state index in [2.05, 4.69) is 10.6 Å². The van der Waals surface area contributed by atoms with E-state index in [1.807, 2.05) is 54.6 Å². The molecule has 1 amide bonds. The van der Waals surface area contributed by atoms with Crippen molar-refractivity contribution in [2.24, 2.45) is 0 Å². The standard InChI is InChI=1S/C18H21ClN2OS/c19-16-9-7-15(8-10-16)13-23-14-18(22)21-12-4-11-20-17-5-2-1-3-6-17/h1-3,5-10,20H,4,11-14H2,(H,21,22). The van der Waals surface area contributed by atoms with Gasteiger partial charge in [-0.05, 0) is 36.2 Å². The third kappa shape index (κ3) is 7.44. The second-order valence-electron chi connectivity index (χ2n) is 5.12. The van der Waals surface area contributed by atoms with E-state index in [0.717, 1.165) is 29.4 Å². The number of halogens is 1. The second-order valence-corrected chi connectivity index (χ2v) is 6.54. The third-order valence-corrected chi connectivity index (χ3v) is 4.45. The highest BCUT2D eigenvalue weighted by Crippen LogP contribution is 2.15. The third-order valence-electron chi connectivity index (χ3n) is 3.19. The molecule has 23 heavy (non-hydrogen) atoms. The monoisotopic (exact) mass is 348 g/mol. The van der Waals surface area contributed by atoms with Crippen LogP contribution in [-0.2, 0) is 10.5 Å². The van der Waals surface area contributed by atoms with Gasteiger partial charge in [0, 0.05) is 29.6 Å². The molecule has 0 aliphatic carbocycles. The summed E-state index contributed by atoms with van der Waals surface area (Å²) in [7, 11) is 0. The van der Waals surface area contributed by atoms with E-state index >= 15 is 0 Å². The molecule has 2 N–H and O–H groups in total. The molecule has 0 saturated heterocycles. The number of thioether (sulfide) groups is 1. The Bertz CT molecular complexity index is 590. The molecule has 2 aromatic carbocycles. The summed E-state index contributed by atoms with van der Waals surface area (Å²) in [6, 6.07) is 17.8. The average Bonchev–Trinajstić information content (AvgIpc) is 2.57. The maximum atomic E-state index is 11.7.